The van der Waals surface area contributed by atoms with Gasteiger partial charge in [-0.15, -0.1) is 0 Å². The third-order valence-electron chi connectivity index (χ3n) is 4.49. The Bertz CT molecular complexity index is 907. The van der Waals surface area contributed by atoms with Crippen molar-refractivity contribution in [1.82, 2.24) is 0 Å². The number of phenols is 1. The first-order valence-electron chi connectivity index (χ1n) is 7.82. The van der Waals surface area contributed by atoms with Crippen LogP contribution in [0, 0.1) is 5.82 Å². The second-order valence-corrected chi connectivity index (χ2v) is 6.54. The number of ether oxygens (including phenoxy) is 2. The molecule has 1 heterocycles. The van der Waals surface area contributed by atoms with Crippen molar-refractivity contribution in [2.75, 3.05) is 6.79 Å². The summed E-state index contributed by atoms with van der Waals surface area (Å²) in [6, 6.07) is 7.81. The van der Waals surface area contributed by atoms with Gasteiger partial charge in [0.15, 0.2) is 17.3 Å². The highest BCUT2D eigenvalue weighted by atomic mass is 35.5. The van der Waals surface area contributed by atoms with Crippen LogP contribution in [0.4, 0.5) is 4.39 Å². The molecule has 4 rings (SSSR count). The predicted octanol–water partition coefficient (Wildman–Crippen LogP) is 4.44. The Labute approximate surface area is 148 Å². The molecule has 4 nitrogen and oxygen atoms in total. The van der Waals surface area contributed by atoms with E-state index in [1.165, 1.54) is 12.1 Å². The van der Waals surface area contributed by atoms with Crippen LogP contribution in [0.5, 0.6) is 17.2 Å². The summed E-state index contributed by atoms with van der Waals surface area (Å²) >= 11 is 5.86. The van der Waals surface area contributed by atoms with E-state index in [9.17, 15) is 14.3 Å². The largest absolute Gasteiger partial charge is 0.506 e. The zero-order valence-electron chi connectivity index (χ0n) is 13.1. The minimum atomic E-state index is -0.559. The van der Waals surface area contributed by atoms with Crippen molar-refractivity contribution in [2.24, 2.45) is 0 Å². The molecular weight excluding hydrogens is 347 g/mol. The average Bonchev–Trinajstić information content (AvgIpc) is 3.05. The molecule has 0 aromatic heterocycles. The zero-order valence-corrected chi connectivity index (χ0v) is 13.8. The molecule has 2 aromatic rings. The second kappa shape index (κ2) is 6.08. The Balaban J connectivity index is 1.69. The molecule has 2 aliphatic rings. The highest BCUT2D eigenvalue weighted by molar-refractivity contribution is 6.32. The Kier molecular flexibility index (Phi) is 3.88. The van der Waals surface area contributed by atoms with E-state index in [1.807, 2.05) is 18.2 Å². The summed E-state index contributed by atoms with van der Waals surface area (Å²) < 4.78 is 24.4. The number of carbonyl (C=O) groups is 1. The van der Waals surface area contributed by atoms with Crippen LogP contribution in [0.25, 0.3) is 5.57 Å². The maximum absolute atomic E-state index is 13.7. The van der Waals surface area contributed by atoms with Gasteiger partial charge in [-0.25, -0.2) is 4.39 Å². The first kappa shape index (κ1) is 16.0. The first-order chi connectivity index (χ1) is 12.0. The van der Waals surface area contributed by atoms with Crippen molar-refractivity contribution in [3.63, 3.8) is 0 Å². The third kappa shape index (κ3) is 2.96. The summed E-state index contributed by atoms with van der Waals surface area (Å²) in [5.74, 6) is 0.380. The monoisotopic (exact) mass is 360 g/mol. The maximum atomic E-state index is 13.7. The van der Waals surface area contributed by atoms with Gasteiger partial charge >= 0.3 is 0 Å². The molecular formula is C19H14ClFO4. The van der Waals surface area contributed by atoms with Gasteiger partial charge in [0, 0.05) is 12.0 Å². The van der Waals surface area contributed by atoms with Gasteiger partial charge in [0.2, 0.25) is 6.79 Å². The van der Waals surface area contributed by atoms with Crippen LogP contribution in [-0.2, 0) is 4.79 Å². The number of hydrogen-bond acceptors (Lipinski definition) is 4. The number of phenolic OH excluding ortho intramolecular Hbond substituents is 1. The molecule has 0 amide bonds. The van der Waals surface area contributed by atoms with E-state index in [2.05, 4.69) is 0 Å². The molecule has 0 radical (unpaired) electrons. The van der Waals surface area contributed by atoms with E-state index in [0.717, 1.165) is 11.6 Å². The molecule has 1 aliphatic heterocycles. The number of hydrogen-bond donors (Lipinski definition) is 1. The number of fused-ring (bicyclic) bond motifs is 1. The maximum Gasteiger partial charge on any atom is 0.231 e. The van der Waals surface area contributed by atoms with E-state index in [0.29, 0.717) is 29.9 Å². The summed E-state index contributed by atoms with van der Waals surface area (Å²) in [5, 5.41) is 10.1. The Hall–Kier alpha value is -2.53. The highest BCUT2D eigenvalue weighted by Gasteiger charge is 2.26. The van der Waals surface area contributed by atoms with Crippen LogP contribution < -0.4 is 9.47 Å². The smallest absolute Gasteiger partial charge is 0.231 e. The molecule has 1 N–H and O–H groups in total. The van der Waals surface area contributed by atoms with Gasteiger partial charge in [-0.3, -0.25) is 4.79 Å². The van der Waals surface area contributed by atoms with Crippen molar-refractivity contribution in [1.29, 1.82) is 0 Å². The van der Waals surface area contributed by atoms with Gasteiger partial charge in [-0.2, -0.15) is 0 Å². The number of carbonyl (C=O) groups excluding carboxylic acids is 1. The molecule has 0 bridgehead atoms. The van der Waals surface area contributed by atoms with E-state index in [1.54, 1.807) is 0 Å². The highest BCUT2D eigenvalue weighted by Crippen LogP contribution is 2.43. The Morgan fingerprint density at radius 1 is 1.12 bits per heavy atom. The molecule has 0 saturated heterocycles. The van der Waals surface area contributed by atoms with Crippen molar-refractivity contribution in [2.45, 2.75) is 18.8 Å². The zero-order chi connectivity index (χ0) is 17.6. The summed E-state index contributed by atoms with van der Waals surface area (Å²) in [4.78, 5) is 12.2. The number of halogens is 2. The number of ketones is 1. The molecule has 0 spiro atoms. The molecule has 128 valence electrons. The van der Waals surface area contributed by atoms with E-state index in [-0.39, 0.29) is 34.8 Å². The molecule has 0 saturated carbocycles. The summed E-state index contributed by atoms with van der Waals surface area (Å²) in [5.41, 5.74) is 1.76. The van der Waals surface area contributed by atoms with Crippen LogP contribution in [0.15, 0.2) is 36.4 Å². The van der Waals surface area contributed by atoms with Crippen LogP contribution >= 0.6 is 11.6 Å². The summed E-state index contributed by atoms with van der Waals surface area (Å²) in [7, 11) is 0. The predicted molar refractivity (Wildman–Crippen MR) is 90.6 cm³/mol. The lowest BCUT2D eigenvalue weighted by Crippen LogP contribution is -2.12. The van der Waals surface area contributed by atoms with E-state index < -0.39 is 5.82 Å². The van der Waals surface area contributed by atoms with Gasteiger partial charge in [-0.05, 0) is 53.8 Å². The van der Waals surface area contributed by atoms with Crippen LogP contribution in [-0.4, -0.2) is 17.7 Å². The number of rotatable bonds is 2. The van der Waals surface area contributed by atoms with Crippen LogP contribution in [0.3, 0.4) is 0 Å². The second-order valence-electron chi connectivity index (χ2n) is 6.14. The van der Waals surface area contributed by atoms with Gasteiger partial charge in [0.1, 0.15) is 11.6 Å². The van der Waals surface area contributed by atoms with Crippen molar-refractivity contribution in [3.05, 3.63) is 58.4 Å². The molecule has 1 unspecified atom stereocenters. The SMILES string of the molecule is O=C1C=C(c2cc(F)cc(Cl)c2O)CC(c2ccc3c(c2)OCO3)C1. The van der Waals surface area contributed by atoms with Crippen LogP contribution in [0.2, 0.25) is 5.02 Å². The fourth-order valence-electron chi connectivity index (χ4n) is 3.29. The standard InChI is InChI=1S/C19H14ClFO4/c20-16-8-13(21)7-15(19(16)23)12-3-11(4-14(22)5-12)10-1-2-17-18(6-10)25-9-24-17/h1-2,5-8,11,23H,3-4,9H2. The summed E-state index contributed by atoms with van der Waals surface area (Å²) in [6.07, 6.45) is 2.28. The molecule has 0 fully saturated rings. The fourth-order valence-corrected chi connectivity index (χ4v) is 3.50. The van der Waals surface area contributed by atoms with Crippen molar-refractivity contribution >= 4 is 23.0 Å². The Morgan fingerprint density at radius 2 is 1.92 bits per heavy atom. The van der Waals surface area contributed by atoms with Crippen molar-refractivity contribution in [3.8, 4) is 17.2 Å². The lowest BCUT2D eigenvalue weighted by atomic mass is 9.80. The number of aromatic hydroxyl groups is 1. The average molecular weight is 361 g/mol. The normalized spacial score (nSPS) is 19.0. The topological polar surface area (TPSA) is 55.8 Å². The van der Waals surface area contributed by atoms with Gasteiger partial charge in [0.05, 0.1) is 5.02 Å². The summed E-state index contributed by atoms with van der Waals surface area (Å²) in [6.45, 7) is 0.184. The number of allylic oxidation sites excluding steroid dienone is 2. The first-order valence-corrected chi connectivity index (χ1v) is 8.20. The fraction of sp³-hybridized carbons (Fsp3) is 0.211. The molecule has 6 heteroatoms. The minimum absolute atomic E-state index is 0.0754. The lowest BCUT2D eigenvalue weighted by molar-refractivity contribution is -0.115. The van der Waals surface area contributed by atoms with Gasteiger partial charge < -0.3 is 14.6 Å². The van der Waals surface area contributed by atoms with Gasteiger partial charge in [0.25, 0.3) is 0 Å². The quantitative estimate of drug-likeness (QED) is 0.860. The van der Waals surface area contributed by atoms with Gasteiger partial charge in [-0.1, -0.05) is 17.7 Å². The van der Waals surface area contributed by atoms with Crippen molar-refractivity contribution < 1.29 is 23.8 Å². The van der Waals surface area contributed by atoms with Crippen LogP contribution in [0.1, 0.15) is 29.9 Å². The number of benzene rings is 2. The lowest BCUT2D eigenvalue weighted by Gasteiger charge is -2.23. The van der Waals surface area contributed by atoms with E-state index >= 15 is 0 Å². The molecule has 1 aliphatic carbocycles. The Morgan fingerprint density at radius 3 is 2.76 bits per heavy atom. The minimum Gasteiger partial charge on any atom is -0.506 e. The molecule has 1 atom stereocenters. The molecule has 25 heavy (non-hydrogen) atoms. The van der Waals surface area contributed by atoms with E-state index in [4.69, 9.17) is 21.1 Å². The third-order valence-corrected chi connectivity index (χ3v) is 4.78. The molecule has 2 aromatic carbocycles.